The van der Waals surface area contributed by atoms with Gasteiger partial charge in [-0.1, -0.05) is 19.9 Å². The summed E-state index contributed by atoms with van der Waals surface area (Å²) in [4.78, 5) is 9.46. The van der Waals surface area contributed by atoms with Crippen LogP contribution in [0.3, 0.4) is 0 Å². The molecule has 4 nitrogen and oxygen atoms in total. The van der Waals surface area contributed by atoms with E-state index in [1.807, 2.05) is 19.3 Å². The van der Waals surface area contributed by atoms with Gasteiger partial charge in [0, 0.05) is 52.5 Å². The van der Waals surface area contributed by atoms with Gasteiger partial charge in [0.05, 0.1) is 0 Å². The fraction of sp³-hybridized carbons (Fsp3) is 0.667. The lowest BCUT2D eigenvalue weighted by atomic mass is 10.2. The average Bonchev–Trinajstić information content (AvgIpc) is 2.41. The fourth-order valence-corrected chi connectivity index (χ4v) is 2.57. The lowest BCUT2D eigenvalue weighted by Crippen LogP contribution is -2.46. The molecule has 106 valence electrons. The molecule has 1 aromatic heterocycles. The highest BCUT2D eigenvalue weighted by Crippen LogP contribution is 2.10. The molecule has 0 spiro atoms. The van der Waals surface area contributed by atoms with E-state index in [-0.39, 0.29) is 0 Å². The molecule has 19 heavy (non-hydrogen) atoms. The van der Waals surface area contributed by atoms with Crippen molar-refractivity contribution in [3.8, 4) is 0 Å². The van der Waals surface area contributed by atoms with Crippen LogP contribution in [0.5, 0.6) is 0 Å². The Bertz CT molecular complexity index is 366. The maximum atomic E-state index is 4.37. The molecule has 1 aliphatic heterocycles. The minimum absolute atomic E-state index is 0.768. The third kappa shape index (κ3) is 4.48. The number of piperazine rings is 1. The van der Waals surface area contributed by atoms with E-state index in [1.165, 1.54) is 38.3 Å². The molecule has 1 aliphatic rings. The van der Waals surface area contributed by atoms with Crippen LogP contribution in [0.1, 0.15) is 19.4 Å². The molecule has 0 atom stereocenters. The van der Waals surface area contributed by atoms with E-state index in [9.17, 15) is 0 Å². The van der Waals surface area contributed by atoms with Crippen LogP contribution in [0.4, 0.5) is 5.82 Å². The van der Waals surface area contributed by atoms with Crippen molar-refractivity contribution in [2.75, 3.05) is 45.1 Å². The van der Waals surface area contributed by atoms with Crippen LogP contribution in [-0.4, -0.2) is 54.6 Å². The van der Waals surface area contributed by atoms with Crippen LogP contribution in [0.25, 0.3) is 0 Å². The number of anilines is 1. The van der Waals surface area contributed by atoms with Gasteiger partial charge in [0.25, 0.3) is 0 Å². The third-order valence-corrected chi connectivity index (χ3v) is 3.58. The Morgan fingerprint density at radius 3 is 2.37 bits per heavy atom. The van der Waals surface area contributed by atoms with Gasteiger partial charge in [-0.2, -0.15) is 0 Å². The van der Waals surface area contributed by atoms with Gasteiger partial charge in [0.2, 0.25) is 0 Å². The molecule has 0 saturated carbocycles. The molecule has 0 aromatic carbocycles. The lowest BCUT2D eigenvalue weighted by Gasteiger charge is -2.35. The quantitative estimate of drug-likeness (QED) is 0.878. The van der Waals surface area contributed by atoms with Crippen LogP contribution in [0.2, 0.25) is 0 Å². The van der Waals surface area contributed by atoms with Crippen molar-refractivity contribution < 1.29 is 0 Å². The maximum Gasteiger partial charge on any atom is 0.125 e. The summed E-state index contributed by atoms with van der Waals surface area (Å²) in [7, 11) is 1.90. The van der Waals surface area contributed by atoms with Crippen LogP contribution < -0.4 is 5.32 Å². The van der Waals surface area contributed by atoms with Crippen molar-refractivity contribution in [2.45, 2.75) is 20.4 Å². The van der Waals surface area contributed by atoms with Gasteiger partial charge in [-0.3, -0.25) is 4.90 Å². The van der Waals surface area contributed by atoms with Gasteiger partial charge in [-0.05, 0) is 17.5 Å². The van der Waals surface area contributed by atoms with E-state index >= 15 is 0 Å². The van der Waals surface area contributed by atoms with E-state index in [0.29, 0.717) is 0 Å². The zero-order valence-electron chi connectivity index (χ0n) is 12.4. The number of nitrogens with zero attached hydrogens (tertiary/aromatic N) is 3. The summed E-state index contributed by atoms with van der Waals surface area (Å²) < 4.78 is 0. The Labute approximate surface area is 116 Å². The number of aromatic nitrogens is 1. The van der Waals surface area contributed by atoms with Crippen molar-refractivity contribution in [3.05, 3.63) is 23.9 Å². The van der Waals surface area contributed by atoms with Gasteiger partial charge in [0.1, 0.15) is 5.82 Å². The Balaban J connectivity index is 1.78. The number of pyridine rings is 1. The number of hydrogen-bond acceptors (Lipinski definition) is 4. The molecule has 1 N–H and O–H groups in total. The lowest BCUT2D eigenvalue weighted by molar-refractivity contribution is 0.117. The van der Waals surface area contributed by atoms with Gasteiger partial charge in [-0.15, -0.1) is 0 Å². The van der Waals surface area contributed by atoms with Gasteiger partial charge in [-0.25, -0.2) is 4.98 Å². The largest absolute Gasteiger partial charge is 0.373 e. The van der Waals surface area contributed by atoms with Crippen molar-refractivity contribution in [3.63, 3.8) is 0 Å². The van der Waals surface area contributed by atoms with Crippen LogP contribution in [0, 0.1) is 5.92 Å². The molecule has 0 unspecified atom stereocenters. The van der Waals surface area contributed by atoms with Gasteiger partial charge in [0.15, 0.2) is 0 Å². The summed E-state index contributed by atoms with van der Waals surface area (Å²) >= 11 is 0. The Morgan fingerprint density at radius 1 is 1.16 bits per heavy atom. The molecule has 1 aromatic rings. The Hall–Kier alpha value is -1.13. The minimum atomic E-state index is 0.768. The SMILES string of the molecule is CNc1ccc(CN2CCN(CC(C)C)CC2)cn1. The normalized spacial score (nSPS) is 17.9. The molecule has 0 aliphatic carbocycles. The second-order valence-electron chi connectivity index (χ2n) is 5.77. The predicted octanol–water partition coefficient (Wildman–Crippen LogP) is 1.90. The van der Waals surface area contributed by atoms with E-state index in [2.05, 4.69) is 40.0 Å². The summed E-state index contributed by atoms with van der Waals surface area (Å²) in [5.74, 6) is 1.70. The van der Waals surface area contributed by atoms with E-state index in [1.54, 1.807) is 0 Å². The Kier molecular flexibility index (Phi) is 5.16. The fourth-order valence-electron chi connectivity index (χ4n) is 2.57. The highest BCUT2D eigenvalue weighted by molar-refractivity contribution is 5.34. The summed E-state index contributed by atoms with van der Waals surface area (Å²) in [5, 5.41) is 3.05. The maximum absolute atomic E-state index is 4.37. The molecule has 0 amide bonds. The van der Waals surface area contributed by atoms with E-state index in [4.69, 9.17) is 0 Å². The first kappa shape index (κ1) is 14.3. The molecular formula is C15H26N4. The zero-order chi connectivity index (χ0) is 13.7. The highest BCUT2D eigenvalue weighted by atomic mass is 15.3. The summed E-state index contributed by atoms with van der Waals surface area (Å²) in [6.07, 6.45) is 1.98. The molecular weight excluding hydrogens is 236 g/mol. The zero-order valence-corrected chi connectivity index (χ0v) is 12.4. The third-order valence-electron chi connectivity index (χ3n) is 3.58. The molecule has 2 rings (SSSR count). The molecule has 2 heterocycles. The molecule has 1 saturated heterocycles. The van der Waals surface area contributed by atoms with E-state index in [0.717, 1.165) is 18.3 Å². The highest BCUT2D eigenvalue weighted by Gasteiger charge is 2.17. The topological polar surface area (TPSA) is 31.4 Å². The second-order valence-corrected chi connectivity index (χ2v) is 5.77. The molecule has 0 radical (unpaired) electrons. The smallest absolute Gasteiger partial charge is 0.125 e. The van der Waals surface area contributed by atoms with Crippen molar-refractivity contribution in [1.82, 2.24) is 14.8 Å². The first-order valence-electron chi connectivity index (χ1n) is 7.25. The van der Waals surface area contributed by atoms with E-state index < -0.39 is 0 Å². The number of rotatable bonds is 5. The van der Waals surface area contributed by atoms with Crippen LogP contribution in [-0.2, 0) is 6.54 Å². The summed E-state index contributed by atoms with van der Waals surface area (Å²) in [6.45, 7) is 11.6. The van der Waals surface area contributed by atoms with Crippen molar-refractivity contribution in [1.29, 1.82) is 0 Å². The molecule has 4 heteroatoms. The van der Waals surface area contributed by atoms with Crippen molar-refractivity contribution >= 4 is 5.82 Å². The second kappa shape index (κ2) is 6.87. The number of nitrogens with one attached hydrogen (secondary N) is 1. The average molecular weight is 262 g/mol. The monoisotopic (exact) mass is 262 g/mol. The Morgan fingerprint density at radius 2 is 1.84 bits per heavy atom. The summed E-state index contributed by atoms with van der Waals surface area (Å²) in [5.41, 5.74) is 1.30. The van der Waals surface area contributed by atoms with Crippen molar-refractivity contribution in [2.24, 2.45) is 5.92 Å². The van der Waals surface area contributed by atoms with Crippen LogP contribution >= 0.6 is 0 Å². The predicted molar refractivity (Wildman–Crippen MR) is 80.3 cm³/mol. The molecule has 0 bridgehead atoms. The first-order valence-corrected chi connectivity index (χ1v) is 7.25. The molecule has 1 fully saturated rings. The van der Waals surface area contributed by atoms with Gasteiger partial charge >= 0.3 is 0 Å². The standard InChI is InChI=1S/C15H26N4/c1-13(2)11-18-6-8-19(9-7-18)12-14-4-5-15(16-3)17-10-14/h4-5,10,13H,6-9,11-12H2,1-3H3,(H,16,17). The number of hydrogen-bond donors (Lipinski definition) is 1. The summed E-state index contributed by atoms with van der Waals surface area (Å²) in [6, 6.07) is 4.21. The van der Waals surface area contributed by atoms with Gasteiger partial charge < -0.3 is 10.2 Å². The minimum Gasteiger partial charge on any atom is -0.373 e. The van der Waals surface area contributed by atoms with Crippen LogP contribution in [0.15, 0.2) is 18.3 Å². The first-order chi connectivity index (χ1) is 9.17.